The Morgan fingerprint density at radius 2 is 1.83 bits per heavy atom. The number of nitrogens with zero attached hydrogens (tertiary/aromatic N) is 2. The summed E-state index contributed by atoms with van der Waals surface area (Å²) in [6.07, 6.45) is -2.93. The molecular weight excluding hydrogens is 512 g/mol. The van der Waals surface area contributed by atoms with E-state index in [4.69, 9.17) is 4.74 Å². The van der Waals surface area contributed by atoms with E-state index in [1.807, 2.05) is 32.0 Å². The zero-order valence-corrected chi connectivity index (χ0v) is 19.4. The average Bonchev–Trinajstić information content (AvgIpc) is 2.68. The van der Waals surface area contributed by atoms with Crippen LogP contribution in [0.5, 0.6) is 11.6 Å². The maximum Gasteiger partial charge on any atom is 0.422 e. The van der Waals surface area contributed by atoms with Gasteiger partial charge in [-0.3, -0.25) is 4.99 Å². The molecule has 1 aromatic carbocycles. The lowest BCUT2D eigenvalue weighted by Gasteiger charge is -2.15. The number of hydrogen-bond donors (Lipinski definition) is 2. The molecule has 0 aliphatic rings. The molecule has 2 aromatic rings. The van der Waals surface area contributed by atoms with Crippen LogP contribution in [0.15, 0.2) is 41.5 Å². The van der Waals surface area contributed by atoms with Crippen molar-refractivity contribution in [3.05, 3.63) is 53.2 Å². The molecule has 0 saturated carbocycles. The fourth-order valence-corrected chi connectivity index (χ4v) is 2.44. The van der Waals surface area contributed by atoms with Gasteiger partial charge in [0, 0.05) is 38.0 Å². The Balaban J connectivity index is 0.00000450. The molecule has 1 aromatic heterocycles. The van der Waals surface area contributed by atoms with E-state index >= 15 is 0 Å². The summed E-state index contributed by atoms with van der Waals surface area (Å²) in [6.45, 7) is 4.09. The first-order chi connectivity index (χ1) is 13.8. The first-order valence-corrected chi connectivity index (χ1v) is 9.12. The minimum Gasteiger partial charge on any atom is -0.494 e. The maximum atomic E-state index is 12.2. The number of aromatic nitrogens is 1. The molecule has 0 amide bonds. The number of aliphatic imine (C=N–C) groups is 1. The summed E-state index contributed by atoms with van der Waals surface area (Å²) < 4.78 is 46.8. The summed E-state index contributed by atoms with van der Waals surface area (Å²) in [7, 11) is 1.65. The van der Waals surface area contributed by atoms with E-state index in [2.05, 4.69) is 25.3 Å². The van der Waals surface area contributed by atoms with E-state index in [-0.39, 0.29) is 29.9 Å². The van der Waals surface area contributed by atoms with Crippen molar-refractivity contribution in [3.8, 4) is 11.6 Å². The van der Waals surface area contributed by atoms with Crippen molar-refractivity contribution in [2.24, 2.45) is 4.99 Å². The Kier molecular flexibility index (Phi) is 10.7. The molecule has 2 N–H and O–H groups in total. The second kappa shape index (κ2) is 12.5. The first-order valence-electron chi connectivity index (χ1n) is 9.12. The minimum atomic E-state index is -4.39. The predicted octanol–water partition coefficient (Wildman–Crippen LogP) is 4.21. The molecule has 0 radical (unpaired) electrons. The average molecular weight is 538 g/mol. The topological polar surface area (TPSA) is 67.8 Å². The Bertz CT molecular complexity index is 815. The second-order valence-electron chi connectivity index (χ2n) is 6.23. The molecule has 2 rings (SSSR count). The van der Waals surface area contributed by atoms with E-state index in [0.717, 1.165) is 22.4 Å². The summed E-state index contributed by atoms with van der Waals surface area (Å²) in [4.78, 5) is 8.05. The van der Waals surface area contributed by atoms with Crippen LogP contribution in [0.25, 0.3) is 0 Å². The molecule has 1 heterocycles. The van der Waals surface area contributed by atoms with Gasteiger partial charge in [-0.15, -0.1) is 24.0 Å². The second-order valence-corrected chi connectivity index (χ2v) is 6.23. The van der Waals surface area contributed by atoms with Crippen LogP contribution in [0.3, 0.4) is 0 Å². The number of benzene rings is 1. The number of alkyl halides is 3. The van der Waals surface area contributed by atoms with Gasteiger partial charge in [0.2, 0.25) is 5.88 Å². The molecular formula is C20H26F3IN4O2. The number of ether oxygens (including phenoxy) is 2. The Morgan fingerprint density at radius 1 is 1.10 bits per heavy atom. The highest BCUT2D eigenvalue weighted by atomic mass is 127. The monoisotopic (exact) mass is 538 g/mol. The van der Waals surface area contributed by atoms with Crippen LogP contribution in [0.1, 0.15) is 23.6 Å². The lowest BCUT2D eigenvalue weighted by Crippen LogP contribution is -2.36. The number of rotatable bonds is 8. The van der Waals surface area contributed by atoms with Crippen molar-refractivity contribution in [2.75, 3.05) is 20.3 Å². The molecule has 6 nitrogen and oxygen atoms in total. The quantitative estimate of drug-likeness (QED) is 0.300. The smallest absolute Gasteiger partial charge is 0.422 e. The molecule has 0 fully saturated rings. The van der Waals surface area contributed by atoms with Crippen molar-refractivity contribution in [2.45, 2.75) is 33.1 Å². The SMILES string of the molecule is CCOc1cc(C)ccc1CNC(=NC)NCc1ccc(OCC(F)(F)F)nc1.I. The van der Waals surface area contributed by atoms with Crippen LogP contribution >= 0.6 is 24.0 Å². The Hall–Kier alpha value is -2.24. The number of guanidine groups is 1. The van der Waals surface area contributed by atoms with Gasteiger partial charge in [-0.25, -0.2) is 4.98 Å². The number of aryl methyl sites for hydroxylation is 1. The molecule has 0 aliphatic carbocycles. The largest absolute Gasteiger partial charge is 0.494 e. The third-order valence-electron chi connectivity index (χ3n) is 3.83. The van der Waals surface area contributed by atoms with Gasteiger partial charge in [-0.2, -0.15) is 13.2 Å². The van der Waals surface area contributed by atoms with Crippen LogP contribution < -0.4 is 20.1 Å². The van der Waals surface area contributed by atoms with Crippen molar-refractivity contribution < 1.29 is 22.6 Å². The summed E-state index contributed by atoms with van der Waals surface area (Å²) >= 11 is 0. The van der Waals surface area contributed by atoms with Gasteiger partial charge in [0.15, 0.2) is 12.6 Å². The summed E-state index contributed by atoms with van der Waals surface area (Å²) in [5.74, 6) is 1.33. The van der Waals surface area contributed by atoms with E-state index in [1.54, 1.807) is 13.1 Å². The molecule has 0 saturated heterocycles. The minimum absolute atomic E-state index is 0. The molecule has 10 heteroatoms. The summed E-state index contributed by atoms with van der Waals surface area (Å²) in [5, 5.41) is 6.34. The number of nitrogens with one attached hydrogen (secondary N) is 2. The van der Waals surface area contributed by atoms with Gasteiger partial charge in [-0.1, -0.05) is 18.2 Å². The van der Waals surface area contributed by atoms with Crippen LogP contribution in [0, 0.1) is 6.92 Å². The van der Waals surface area contributed by atoms with E-state index < -0.39 is 12.8 Å². The van der Waals surface area contributed by atoms with Gasteiger partial charge in [0.1, 0.15) is 5.75 Å². The van der Waals surface area contributed by atoms with Crippen molar-refractivity contribution >= 4 is 29.9 Å². The molecule has 0 spiro atoms. The third-order valence-corrected chi connectivity index (χ3v) is 3.83. The van der Waals surface area contributed by atoms with Crippen LogP contribution in [0.2, 0.25) is 0 Å². The van der Waals surface area contributed by atoms with Gasteiger partial charge in [0.25, 0.3) is 0 Å². The summed E-state index contributed by atoms with van der Waals surface area (Å²) in [5.41, 5.74) is 2.90. The van der Waals surface area contributed by atoms with Gasteiger partial charge < -0.3 is 20.1 Å². The fraction of sp³-hybridized carbons (Fsp3) is 0.400. The van der Waals surface area contributed by atoms with Gasteiger partial charge >= 0.3 is 6.18 Å². The highest BCUT2D eigenvalue weighted by molar-refractivity contribution is 14.0. The van der Waals surface area contributed by atoms with E-state index in [1.165, 1.54) is 12.3 Å². The lowest BCUT2D eigenvalue weighted by molar-refractivity contribution is -0.154. The highest BCUT2D eigenvalue weighted by Gasteiger charge is 2.28. The van der Waals surface area contributed by atoms with Gasteiger partial charge in [0.05, 0.1) is 6.61 Å². The van der Waals surface area contributed by atoms with Crippen molar-refractivity contribution in [1.82, 2.24) is 15.6 Å². The van der Waals surface area contributed by atoms with Crippen LogP contribution in [0.4, 0.5) is 13.2 Å². The Morgan fingerprint density at radius 3 is 2.43 bits per heavy atom. The number of halogens is 4. The molecule has 0 unspecified atom stereocenters. The van der Waals surface area contributed by atoms with Crippen LogP contribution in [-0.4, -0.2) is 37.4 Å². The molecule has 166 valence electrons. The first kappa shape index (κ1) is 25.8. The van der Waals surface area contributed by atoms with Crippen molar-refractivity contribution in [3.63, 3.8) is 0 Å². The Labute approximate surface area is 191 Å². The maximum absolute atomic E-state index is 12.2. The molecule has 0 atom stereocenters. The normalized spacial score (nSPS) is 11.5. The predicted molar refractivity (Wildman–Crippen MR) is 121 cm³/mol. The van der Waals surface area contributed by atoms with E-state index in [0.29, 0.717) is 25.7 Å². The zero-order chi connectivity index (χ0) is 21.3. The molecule has 30 heavy (non-hydrogen) atoms. The lowest BCUT2D eigenvalue weighted by atomic mass is 10.1. The van der Waals surface area contributed by atoms with E-state index in [9.17, 15) is 13.2 Å². The third kappa shape index (κ3) is 9.06. The highest BCUT2D eigenvalue weighted by Crippen LogP contribution is 2.20. The number of hydrogen-bond acceptors (Lipinski definition) is 4. The molecule has 0 aliphatic heterocycles. The van der Waals surface area contributed by atoms with Gasteiger partial charge in [-0.05, 0) is 31.0 Å². The standard InChI is InChI=1S/C20H25F3N4O2.HI/c1-4-28-17-9-14(2)5-7-16(17)12-27-19(24-3)26-11-15-6-8-18(25-10-15)29-13-20(21,22)23;/h5-10H,4,11-13H2,1-3H3,(H2,24,26,27);1H. The summed E-state index contributed by atoms with van der Waals surface area (Å²) in [6, 6.07) is 9.06. The zero-order valence-electron chi connectivity index (χ0n) is 17.0. The van der Waals surface area contributed by atoms with Crippen LogP contribution in [-0.2, 0) is 13.1 Å². The molecule has 0 bridgehead atoms. The fourth-order valence-electron chi connectivity index (χ4n) is 2.44. The number of pyridine rings is 1. The van der Waals surface area contributed by atoms with Crippen molar-refractivity contribution in [1.29, 1.82) is 0 Å².